The number of ether oxygens (including phenoxy) is 1. The van der Waals surface area contributed by atoms with Crippen LogP contribution in [0.5, 0.6) is 5.75 Å². The van der Waals surface area contributed by atoms with Gasteiger partial charge in [0.15, 0.2) is 0 Å². The molecule has 2 rings (SSSR count). The van der Waals surface area contributed by atoms with Gasteiger partial charge in [0.1, 0.15) is 5.75 Å². The number of hydrogen-bond donors (Lipinski definition) is 2. The number of benzene rings is 1. The van der Waals surface area contributed by atoms with Gasteiger partial charge >= 0.3 is 0 Å². The van der Waals surface area contributed by atoms with Gasteiger partial charge in [-0.05, 0) is 44.3 Å². The molecule has 104 valence electrons. The highest BCUT2D eigenvalue weighted by molar-refractivity contribution is 5.76. The molecule has 1 aromatic rings. The quantitative estimate of drug-likeness (QED) is 0.773. The zero-order valence-corrected chi connectivity index (χ0v) is 11.3. The molecule has 1 fully saturated rings. The van der Waals surface area contributed by atoms with Crippen molar-refractivity contribution in [1.29, 1.82) is 0 Å². The van der Waals surface area contributed by atoms with Crippen LogP contribution in [0.25, 0.3) is 0 Å². The summed E-state index contributed by atoms with van der Waals surface area (Å²) in [5.74, 6) is 0.790. The van der Waals surface area contributed by atoms with Crippen LogP contribution in [0.4, 0.5) is 5.69 Å². The summed E-state index contributed by atoms with van der Waals surface area (Å²) in [5.41, 5.74) is 6.29. The Morgan fingerprint density at radius 2 is 2.21 bits per heavy atom. The Morgan fingerprint density at radius 3 is 2.84 bits per heavy atom. The number of nitrogen functional groups attached to an aromatic ring is 1. The van der Waals surface area contributed by atoms with Gasteiger partial charge < -0.3 is 20.7 Å². The SMILES string of the molecule is CN1CCC(NC(=O)CCOc2ccc(N)cc2)C1. The second-order valence-electron chi connectivity index (χ2n) is 4.98. The van der Waals surface area contributed by atoms with Crippen molar-refractivity contribution in [2.75, 3.05) is 32.5 Å². The maximum atomic E-state index is 11.7. The van der Waals surface area contributed by atoms with Gasteiger partial charge in [-0.25, -0.2) is 0 Å². The minimum absolute atomic E-state index is 0.0516. The lowest BCUT2D eigenvalue weighted by Crippen LogP contribution is -2.37. The van der Waals surface area contributed by atoms with E-state index in [9.17, 15) is 4.79 Å². The molecule has 1 aliphatic rings. The Balaban J connectivity index is 1.65. The van der Waals surface area contributed by atoms with E-state index >= 15 is 0 Å². The first-order valence-corrected chi connectivity index (χ1v) is 6.60. The lowest BCUT2D eigenvalue weighted by molar-refractivity contribution is -0.122. The monoisotopic (exact) mass is 263 g/mol. The maximum Gasteiger partial charge on any atom is 0.223 e. The molecule has 0 bridgehead atoms. The lowest BCUT2D eigenvalue weighted by atomic mass is 10.2. The molecule has 1 saturated heterocycles. The molecule has 3 N–H and O–H groups in total. The minimum atomic E-state index is 0.0516. The van der Waals surface area contributed by atoms with E-state index < -0.39 is 0 Å². The van der Waals surface area contributed by atoms with Gasteiger partial charge in [0, 0.05) is 18.3 Å². The highest BCUT2D eigenvalue weighted by atomic mass is 16.5. The summed E-state index contributed by atoms with van der Waals surface area (Å²) in [4.78, 5) is 13.9. The Labute approximate surface area is 113 Å². The van der Waals surface area contributed by atoms with Crippen molar-refractivity contribution in [3.63, 3.8) is 0 Å². The molecule has 1 amide bonds. The van der Waals surface area contributed by atoms with Gasteiger partial charge in [0.05, 0.1) is 13.0 Å². The van der Waals surface area contributed by atoms with E-state index in [1.807, 2.05) is 0 Å². The highest BCUT2D eigenvalue weighted by Gasteiger charge is 2.20. The number of rotatable bonds is 5. The van der Waals surface area contributed by atoms with Crippen molar-refractivity contribution in [3.05, 3.63) is 24.3 Å². The minimum Gasteiger partial charge on any atom is -0.493 e. The Morgan fingerprint density at radius 1 is 1.47 bits per heavy atom. The molecular formula is C14H21N3O2. The number of amides is 1. The second kappa shape index (κ2) is 6.43. The van der Waals surface area contributed by atoms with E-state index in [0.29, 0.717) is 18.7 Å². The summed E-state index contributed by atoms with van der Waals surface area (Å²) in [5, 5.41) is 3.02. The van der Waals surface area contributed by atoms with Crippen molar-refractivity contribution < 1.29 is 9.53 Å². The fourth-order valence-corrected chi connectivity index (χ4v) is 2.18. The lowest BCUT2D eigenvalue weighted by Gasteiger charge is -2.13. The Hall–Kier alpha value is -1.75. The largest absolute Gasteiger partial charge is 0.493 e. The average Bonchev–Trinajstić information content (AvgIpc) is 2.77. The number of anilines is 1. The smallest absolute Gasteiger partial charge is 0.223 e. The fraction of sp³-hybridized carbons (Fsp3) is 0.500. The first kappa shape index (κ1) is 13.7. The normalized spacial score (nSPS) is 19.3. The summed E-state index contributed by atoms with van der Waals surface area (Å²) in [6.07, 6.45) is 1.41. The van der Waals surface area contributed by atoms with Gasteiger partial charge in [0.25, 0.3) is 0 Å². The molecule has 0 aromatic heterocycles. The third-order valence-electron chi connectivity index (χ3n) is 3.23. The fourth-order valence-electron chi connectivity index (χ4n) is 2.18. The molecule has 0 aliphatic carbocycles. The Kier molecular flexibility index (Phi) is 4.63. The van der Waals surface area contributed by atoms with Crippen LogP contribution in [-0.2, 0) is 4.79 Å². The number of likely N-dealkylation sites (N-methyl/N-ethyl adjacent to an activating group) is 1. The molecule has 0 spiro atoms. The summed E-state index contributed by atoms with van der Waals surface area (Å²) < 4.78 is 5.49. The maximum absolute atomic E-state index is 11.7. The summed E-state index contributed by atoms with van der Waals surface area (Å²) in [7, 11) is 2.07. The number of carbonyl (C=O) groups excluding carboxylic acids is 1. The van der Waals surface area contributed by atoms with E-state index in [-0.39, 0.29) is 11.9 Å². The molecule has 1 unspecified atom stereocenters. The van der Waals surface area contributed by atoms with Crippen molar-refractivity contribution in [2.24, 2.45) is 0 Å². The van der Waals surface area contributed by atoms with Crippen LogP contribution in [0.15, 0.2) is 24.3 Å². The average molecular weight is 263 g/mol. The summed E-state index contributed by atoms with van der Waals surface area (Å²) in [6.45, 7) is 2.37. The second-order valence-corrected chi connectivity index (χ2v) is 4.98. The third-order valence-corrected chi connectivity index (χ3v) is 3.23. The molecule has 5 heteroatoms. The van der Waals surface area contributed by atoms with Crippen LogP contribution in [0.1, 0.15) is 12.8 Å². The first-order valence-electron chi connectivity index (χ1n) is 6.60. The van der Waals surface area contributed by atoms with Crippen LogP contribution in [-0.4, -0.2) is 43.6 Å². The van der Waals surface area contributed by atoms with Crippen molar-refractivity contribution >= 4 is 11.6 Å². The molecule has 0 radical (unpaired) electrons. The van der Waals surface area contributed by atoms with Gasteiger partial charge in [0.2, 0.25) is 5.91 Å². The molecule has 1 aliphatic heterocycles. The third kappa shape index (κ3) is 4.44. The molecule has 19 heavy (non-hydrogen) atoms. The predicted molar refractivity (Wildman–Crippen MR) is 75.0 cm³/mol. The van der Waals surface area contributed by atoms with E-state index in [4.69, 9.17) is 10.5 Å². The molecule has 5 nitrogen and oxygen atoms in total. The number of carbonyl (C=O) groups is 1. The van der Waals surface area contributed by atoms with Crippen LogP contribution < -0.4 is 15.8 Å². The van der Waals surface area contributed by atoms with E-state index in [0.717, 1.165) is 25.3 Å². The zero-order valence-electron chi connectivity index (χ0n) is 11.3. The van der Waals surface area contributed by atoms with E-state index in [1.165, 1.54) is 0 Å². The number of likely N-dealkylation sites (tertiary alicyclic amines) is 1. The molecule has 0 saturated carbocycles. The highest BCUT2D eigenvalue weighted by Crippen LogP contribution is 2.13. The molecular weight excluding hydrogens is 242 g/mol. The number of nitrogens with zero attached hydrogens (tertiary/aromatic N) is 1. The molecule has 1 aromatic carbocycles. The summed E-state index contributed by atoms with van der Waals surface area (Å²) in [6, 6.07) is 7.46. The van der Waals surface area contributed by atoms with Crippen LogP contribution in [0, 0.1) is 0 Å². The standard InChI is InChI=1S/C14H21N3O2/c1-17-8-6-12(10-17)16-14(18)7-9-19-13-4-2-11(15)3-5-13/h2-5,12H,6-10,15H2,1H3,(H,16,18). The number of hydrogen-bond acceptors (Lipinski definition) is 4. The zero-order chi connectivity index (χ0) is 13.7. The molecule has 1 heterocycles. The topological polar surface area (TPSA) is 67.6 Å². The van der Waals surface area contributed by atoms with E-state index in [1.54, 1.807) is 24.3 Å². The van der Waals surface area contributed by atoms with Crippen molar-refractivity contribution in [1.82, 2.24) is 10.2 Å². The van der Waals surface area contributed by atoms with Gasteiger partial charge in [-0.1, -0.05) is 0 Å². The van der Waals surface area contributed by atoms with Gasteiger partial charge in [-0.3, -0.25) is 4.79 Å². The number of nitrogens with one attached hydrogen (secondary N) is 1. The van der Waals surface area contributed by atoms with Gasteiger partial charge in [-0.15, -0.1) is 0 Å². The van der Waals surface area contributed by atoms with Crippen molar-refractivity contribution in [3.8, 4) is 5.75 Å². The Bertz CT molecular complexity index is 419. The summed E-state index contributed by atoms with van der Waals surface area (Å²) >= 11 is 0. The first-order chi connectivity index (χ1) is 9.13. The van der Waals surface area contributed by atoms with Crippen LogP contribution in [0.2, 0.25) is 0 Å². The van der Waals surface area contributed by atoms with Crippen LogP contribution in [0.3, 0.4) is 0 Å². The predicted octanol–water partition coefficient (Wildman–Crippen LogP) is 0.858. The van der Waals surface area contributed by atoms with Crippen LogP contribution >= 0.6 is 0 Å². The van der Waals surface area contributed by atoms with Gasteiger partial charge in [-0.2, -0.15) is 0 Å². The van der Waals surface area contributed by atoms with E-state index in [2.05, 4.69) is 17.3 Å². The molecule has 1 atom stereocenters. The number of nitrogens with two attached hydrogens (primary N) is 1. The van der Waals surface area contributed by atoms with Crippen molar-refractivity contribution in [2.45, 2.75) is 18.9 Å².